The molecular weight excluding hydrogens is 258 g/mol. The van der Waals surface area contributed by atoms with Crippen LogP contribution in [-0.4, -0.2) is 21.7 Å². The number of alkyl halides is 1. The van der Waals surface area contributed by atoms with Crippen molar-refractivity contribution in [3.8, 4) is 0 Å². The summed E-state index contributed by atoms with van der Waals surface area (Å²) in [6.07, 6.45) is 3.57. The van der Waals surface area contributed by atoms with E-state index in [2.05, 4.69) is 34.7 Å². The van der Waals surface area contributed by atoms with Crippen LogP contribution in [0, 0.1) is 5.92 Å². The van der Waals surface area contributed by atoms with E-state index in [0.717, 1.165) is 31.1 Å². The Bertz CT molecular complexity index is 564. The molecule has 2 atom stereocenters. The monoisotopic (exact) mass is 277 g/mol. The maximum Gasteiger partial charge on any atom is 0.0841 e. The zero-order chi connectivity index (χ0) is 13.2. The van der Waals surface area contributed by atoms with Crippen LogP contribution in [0.25, 0.3) is 10.9 Å². The highest BCUT2D eigenvalue weighted by molar-refractivity contribution is 6.20. The largest absolute Gasteiger partial charge is 0.311 e. The fourth-order valence-electron chi connectivity index (χ4n) is 3.01. The number of nitrogens with zero attached hydrogens (tertiary/aromatic N) is 2. The molecule has 3 rings (SSSR count). The molecule has 2 aromatic rings. The van der Waals surface area contributed by atoms with Gasteiger partial charge in [-0.15, -0.1) is 11.6 Å². The first-order valence-corrected chi connectivity index (χ1v) is 7.43. The van der Waals surface area contributed by atoms with Crippen LogP contribution in [0.3, 0.4) is 0 Å². The van der Waals surface area contributed by atoms with Gasteiger partial charge in [0.1, 0.15) is 0 Å². The SMILES string of the molecule is Cn1nc(CNCC2CCC(Cl)C2)c2ccccc21. The molecule has 102 valence electrons. The smallest absolute Gasteiger partial charge is 0.0841 e. The van der Waals surface area contributed by atoms with Gasteiger partial charge in [-0.05, 0) is 37.8 Å². The first-order valence-electron chi connectivity index (χ1n) is 6.99. The van der Waals surface area contributed by atoms with Gasteiger partial charge < -0.3 is 5.32 Å². The molecule has 0 amide bonds. The number of aryl methyl sites for hydroxylation is 1. The van der Waals surface area contributed by atoms with Crippen molar-refractivity contribution < 1.29 is 0 Å². The third-order valence-corrected chi connectivity index (χ3v) is 4.43. The highest BCUT2D eigenvalue weighted by Crippen LogP contribution is 2.28. The summed E-state index contributed by atoms with van der Waals surface area (Å²) in [7, 11) is 2.00. The summed E-state index contributed by atoms with van der Waals surface area (Å²) < 4.78 is 1.96. The van der Waals surface area contributed by atoms with E-state index in [1.165, 1.54) is 23.7 Å². The van der Waals surface area contributed by atoms with Crippen molar-refractivity contribution in [1.29, 1.82) is 0 Å². The summed E-state index contributed by atoms with van der Waals surface area (Å²) in [5, 5.41) is 9.77. The quantitative estimate of drug-likeness (QED) is 0.871. The van der Waals surface area contributed by atoms with Gasteiger partial charge >= 0.3 is 0 Å². The summed E-state index contributed by atoms with van der Waals surface area (Å²) in [6.45, 7) is 1.89. The zero-order valence-electron chi connectivity index (χ0n) is 11.3. The first-order chi connectivity index (χ1) is 9.24. The maximum atomic E-state index is 6.14. The molecule has 1 saturated carbocycles. The Balaban J connectivity index is 1.62. The van der Waals surface area contributed by atoms with Gasteiger partial charge in [0.2, 0.25) is 0 Å². The predicted octanol–water partition coefficient (Wildman–Crippen LogP) is 3.07. The minimum Gasteiger partial charge on any atom is -0.311 e. The molecule has 0 spiro atoms. The molecule has 0 saturated heterocycles. The number of halogens is 1. The van der Waals surface area contributed by atoms with Gasteiger partial charge in [0.15, 0.2) is 0 Å². The minimum absolute atomic E-state index is 0.391. The topological polar surface area (TPSA) is 29.9 Å². The molecule has 1 heterocycles. The van der Waals surface area contributed by atoms with E-state index in [1.807, 2.05) is 11.7 Å². The molecule has 0 bridgehead atoms. The first kappa shape index (κ1) is 12.9. The van der Waals surface area contributed by atoms with Crippen LogP contribution in [0.2, 0.25) is 0 Å². The van der Waals surface area contributed by atoms with Gasteiger partial charge in [0.25, 0.3) is 0 Å². The van der Waals surface area contributed by atoms with E-state index in [4.69, 9.17) is 11.6 Å². The summed E-state index contributed by atoms with van der Waals surface area (Å²) in [5.74, 6) is 0.734. The third kappa shape index (κ3) is 2.77. The third-order valence-electron chi connectivity index (χ3n) is 4.04. The van der Waals surface area contributed by atoms with Crippen LogP contribution < -0.4 is 5.32 Å². The molecule has 1 aromatic heterocycles. The number of rotatable bonds is 4. The molecule has 2 unspecified atom stereocenters. The lowest BCUT2D eigenvalue weighted by Gasteiger charge is -2.09. The van der Waals surface area contributed by atoms with Crippen molar-refractivity contribution in [1.82, 2.24) is 15.1 Å². The molecule has 1 aliphatic rings. The Hall–Kier alpha value is -1.06. The van der Waals surface area contributed by atoms with Crippen molar-refractivity contribution >= 4 is 22.5 Å². The Labute approximate surface area is 118 Å². The lowest BCUT2D eigenvalue weighted by Crippen LogP contribution is -2.21. The Morgan fingerprint density at radius 1 is 1.37 bits per heavy atom. The number of para-hydroxylation sites is 1. The number of fused-ring (bicyclic) bond motifs is 1. The molecule has 0 radical (unpaired) electrons. The molecule has 3 nitrogen and oxygen atoms in total. The number of benzene rings is 1. The maximum absolute atomic E-state index is 6.14. The summed E-state index contributed by atoms with van der Waals surface area (Å²) in [4.78, 5) is 0. The van der Waals surface area contributed by atoms with Gasteiger partial charge in [-0.25, -0.2) is 0 Å². The van der Waals surface area contributed by atoms with E-state index < -0.39 is 0 Å². The molecule has 4 heteroatoms. The van der Waals surface area contributed by atoms with Crippen LogP contribution >= 0.6 is 11.6 Å². The fraction of sp³-hybridized carbons (Fsp3) is 0.533. The normalized spacial score (nSPS) is 23.3. The van der Waals surface area contributed by atoms with Crippen molar-refractivity contribution in [2.24, 2.45) is 13.0 Å². The van der Waals surface area contributed by atoms with Crippen molar-refractivity contribution in [2.45, 2.75) is 31.2 Å². The molecule has 19 heavy (non-hydrogen) atoms. The van der Waals surface area contributed by atoms with Crippen LogP contribution in [0.15, 0.2) is 24.3 Å². The van der Waals surface area contributed by atoms with Gasteiger partial charge in [-0.2, -0.15) is 5.10 Å². The highest BCUT2D eigenvalue weighted by Gasteiger charge is 2.22. The van der Waals surface area contributed by atoms with E-state index in [1.54, 1.807) is 0 Å². The number of nitrogens with one attached hydrogen (secondary N) is 1. The Kier molecular flexibility index (Phi) is 3.76. The van der Waals surface area contributed by atoms with Crippen molar-refractivity contribution in [3.05, 3.63) is 30.0 Å². The van der Waals surface area contributed by atoms with Crippen LogP contribution in [0.4, 0.5) is 0 Å². The average Bonchev–Trinajstić information content (AvgIpc) is 2.96. The summed E-state index contributed by atoms with van der Waals surface area (Å²) >= 11 is 6.14. The van der Waals surface area contributed by atoms with E-state index in [0.29, 0.717) is 5.38 Å². The highest BCUT2D eigenvalue weighted by atomic mass is 35.5. The van der Waals surface area contributed by atoms with Gasteiger partial charge in [-0.1, -0.05) is 18.2 Å². The number of hydrogen-bond donors (Lipinski definition) is 1. The van der Waals surface area contributed by atoms with E-state index in [9.17, 15) is 0 Å². The fourth-order valence-corrected chi connectivity index (χ4v) is 3.39. The molecule has 1 N–H and O–H groups in total. The second-order valence-corrected chi connectivity index (χ2v) is 6.11. The van der Waals surface area contributed by atoms with Crippen LogP contribution in [0.1, 0.15) is 25.0 Å². The molecule has 1 aliphatic carbocycles. The molecule has 1 fully saturated rings. The standard InChI is InChI=1S/C15H20ClN3/c1-19-15-5-3-2-4-13(15)14(18-19)10-17-9-11-6-7-12(16)8-11/h2-5,11-12,17H,6-10H2,1H3. The molecule has 1 aromatic carbocycles. The van der Waals surface area contributed by atoms with Crippen LogP contribution in [0.5, 0.6) is 0 Å². The van der Waals surface area contributed by atoms with E-state index >= 15 is 0 Å². The molecule has 0 aliphatic heterocycles. The predicted molar refractivity (Wildman–Crippen MR) is 79.4 cm³/mol. The Morgan fingerprint density at radius 2 is 2.21 bits per heavy atom. The number of hydrogen-bond acceptors (Lipinski definition) is 2. The summed E-state index contributed by atoms with van der Waals surface area (Å²) in [5.41, 5.74) is 2.33. The second-order valence-electron chi connectivity index (χ2n) is 5.49. The molecular formula is C15H20ClN3. The van der Waals surface area contributed by atoms with Gasteiger partial charge in [0.05, 0.1) is 11.2 Å². The van der Waals surface area contributed by atoms with E-state index in [-0.39, 0.29) is 0 Å². The van der Waals surface area contributed by atoms with Crippen LogP contribution in [-0.2, 0) is 13.6 Å². The Morgan fingerprint density at radius 3 is 3.00 bits per heavy atom. The second kappa shape index (κ2) is 5.51. The lowest BCUT2D eigenvalue weighted by atomic mass is 10.1. The van der Waals surface area contributed by atoms with Gasteiger partial charge in [0, 0.05) is 24.4 Å². The average molecular weight is 278 g/mol. The lowest BCUT2D eigenvalue weighted by molar-refractivity contribution is 0.487. The summed E-state index contributed by atoms with van der Waals surface area (Å²) in [6, 6.07) is 8.38. The van der Waals surface area contributed by atoms with Gasteiger partial charge in [-0.3, -0.25) is 4.68 Å². The van der Waals surface area contributed by atoms with Crippen molar-refractivity contribution in [2.75, 3.05) is 6.54 Å². The van der Waals surface area contributed by atoms with Crippen molar-refractivity contribution in [3.63, 3.8) is 0 Å². The minimum atomic E-state index is 0.391. The zero-order valence-corrected chi connectivity index (χ0v) is 12.0. The number of aromatic nitrogens is 2.